The van der Waals surface area contributed by atoms with Crippen LogP contribution in [0.1, 0.15) is 35.9 Å². The molecule has 1 aromatic heterocycles. The molecule has 1 heterocycles. The van der Waals surface area contributed by atoms with E-state index in [4.69, 9.17) is 5.26 Å². The molecule has 0 spiro atoms. The summed E-state index contributed by atoms with van der Waals surface area (Å²) in [6.45, 7) is 3.96. The zero-order valence-electron chi connectivity index (χ0n) is 14.1. The minimum Gasteiger partial charge on any atom is -0.347 e. The smallest absolute Gasteiger partial charge is 0.235 e. The first-order valence-electron chi connectivity index (χ1n) is 7.83. The van der Waals surface area contributed by atoms with E-state index < -0.39 is 21.5 Å². The average Bonchev–Trinajstić information content (AvgIpc) is 3.06. The molecule has 7 heteroatoms. The van der Waals surface area contributed by atoms with Gasteiger partial charge in [-0.15, -0.1) is 11.3 Å². The SMILES string of the molecule is CC(C)[C@H](NC(=O)CS(=O)(=O)Cc1ccc(C#N)cc1)c1cccs1. The number of rotatable bonds is 7. The second-order valence-electron chi connectivity index (χ2n) is 6.15. The monoisotopic (exact) mass is 376 g/mol. The van der Waals surface area contributed by atoms with Gasteiger partial charge in [0.05, 0.1) is 23.4 Å². The predicted octanol–water partition coefficient (Wildman–Crippen LogP) is 3.05. The van der Waals surface area contributed by atoms with Crippen molar-refractivity contribution in [2.75, 3.05) is 5.75 Å². The molecule has 1 atom stereocenters. The molecular weight excluding hydrogens is 356 g/mol. The minimum absolute atomic E-state index is 0.156. The highest BCUT2D eigenvalue weighted by Gasteiger charge is 2.23. The van der Waals surface area contributed by atoms with E-state index in [1.165, 1.54) is 11.3 Å². The zero-order chi connectivity index (χ0) is 18.4. The largest absolute Gasteiger partial charge is 0.347 e. The van der Waals surface area contributed by atoms with Crippen LogP contribution in [0.3, 0.4) is 0 Å². The Bertz CT molecular complexity index is 849. The van der Waals surface area contributed by atoms with Gasteiger partial charge in [-0.05, 0) is 35.1 Å². The van der Waals surface area contributed by atoms with Crippen molar-refractivity contribution in [1.82, 2.24) is 5.32 Å². The van der Waals surface area contributed by atoms with Gasteiger partial charge >= 0.3 is 0 Å². The molecule has 2 rings (SSSR count). The lowest BCUT2D eigenvalue weighted by Gasteiger charge is -2.21. The Balaban J connectivity index is 2.01. The molecular formula is C18H20N2O3S2. The summed E-state index contributed by atoms with van der Waals surface area (Å²) in [5.74, 6) is -1.12. The number of carbonyl (C=O) groups is 1. The number of thiophene rings is 1. The Morgan fingerprint density at radius 3 is 2.44 bits per heavy atom. The average molecular weight is 377 g/mol. The standard InChI is InChI=1S/C18H20N2O3S2/c1-13(2)18(16-4-3-9-24-16)20-17(21)12-25(22,23)11-15-7-5-14(10-19)6-8-15/h3-9,13,18H,11-12H2,1-2H3,(H,20,21)/t18-/m0/s1. The second kappa shape index (κ2) is 8.28. The molecule has 1 N–H and O–H groups in total. The van der Waals surface area contributed by atoms with E-state index in [0.29, 0.717) is 11.1 Å². The number of hydrogen-bond donors (Lipinski definition) is 1. The summed E-state index contributed by atoms with van der Waals surface area (Å²) < 4.78 is 24.6. The number of benzene rings is 1. The van der Waals surface area contributed by atoms with Crippen molar-refractivity contribution >= 4 is 27.1 Å². The highest BCUT2D eigenvalue weighted by atomic mass is 32.2. The second-order valence-corrected chi connectivity index (χ2v) is 9.19. The summed E-state index contributed by atoms with van der Waals surface area (Å²) in [6, 6.07) is 11.9. The van der Waals surface area contributed by atoms with Crippen molar-refractivity contribution in [3.63, 3.8) is 0 Å². The lowest BCUT2D eigenvalue weighted by molar-refractivity contribution is -0.119. The van der Waals surface area contributed by atoms with Gasteiger partial charge in [-0.25, -0.2) is 8.42 Å². The fraction of sp³-hybridized carbons (Fsp3) is 0.333. The van der Waals surface area contributed by atoms with Crippen molar-refractivity contribution < 1.29 is 13.2 Å². The highest BCUT2D eigenvalue weighted by Crippen LogP contribution is 2.25. The number of amides is 1. The highest BCUT2D eigenvalue weighted by molar-refractivity contribution is 7.91. The quantitative estimate of drug-likeness (QED) is 0.804. The van der Waals surface area contributed by atoms with Crippen LogP contribution in [0.2, 0.25) is 0 Å². The maximum absolute atomic E-state index is 12.3. The van der Waals surface area contributed by atoms with Gasteiger partial charge < -0.3 is 5.32 Å². The van der Waals surface area contributed by atoms with Gasteiger partial charge in [0.1, 0.15) is 5.75 Å². The fourth-order valence-corrected chi connectivity index (χ4v) is 4.66. The van der Waals surface area contributed by atoms with Gasteiger partial charge in [-0.2, -0.15) is 5.26 Å². The van der Waals surface area contributed by atoms with Crippen LogP contribution >= 0.6 is 11.3 Å². The Hall–Kier alpha value is -2.17. The molecule has 5 nitrogen and oxygen atoms in total. The number of sulfone groups is 1. The topological polar surface area (TPSA) is 87.0 Å². The van der Waals surface area contributed by atoms with Gasteiger partial charge in [0, 0.05) is 4.88 Å². The van der Waals surface area contributed by atoms with Crippen molar-refractivity contribution in [2.24, 2.45) is 5.92 Å². The van der Waals surface area contributed by atoms with Gasteiger partial charge in [0.2, 0.25) is 5.91 Å². The van der Waals surface area contributed by atoms with E-state index in [9.17, 15) is 13.2 Å². The van der Waals surface area contributed by atoms with Gasteiger partial charge in [0.15, 0.2) is 9.84 Å². The molecule has 0 aliphatic heterocycles. The lowest BCUT2D eigenvalue weighted by atomic mass is 10.0. The van der Waals surface area contributed by atoms with Crippen molar-refractivity contribution in [1.29, 1.82) is 5.26 Å². The molecule has 0 fully saturated rings. The number of nitrogens with one attached hydrogen (secondary N) is 1. The van der Waals surface area contributed by atoms with Gasteiger partial charge in [-0.3, -0.25) is 4.79 Å². The zero-order valence-corrected chi connectivity index (χ0v) is 15.7. The van der Waals surface area contributed by atoms with Crippen LogP contribution in [0.5, 0.6) is 0 Å². The third-order valence-corrected chi connectivity index (χ3v) is 6.08. The Kier molecular flexibility index (Phi) is 6.34. The first-order valence-corrected chi connectivity index (χ1v) is 10.5. The maximum Gasteiger partial charge on any atom is 0.235 e. The molecule has 0 unspecified atom stereocenters. The van der Waals surface area contributed by atoms with Crippen molar-refractivity contribution in [2.45, 2.75) is 25.6 Å². The summed E-state index contributed by atoms with van der Waals surface area (Å²) in [5.41, 5.74) is 1.03. The number of nitriles is 1. The minimum atomic E-state index is -3.59. The van der Waals surface area contributed by atoms with Crippen LogP contribution in [0.25, 0.3) is 0 Å². The first kappa shape index (κ1) is 19.2. The van der Waals surface area contributed by atoms with E-state index in [2.05, 4.69) is 5.32 Å². The van der Waals surface area contributed by atoms with Gasteiger partial charge in [-0.1, -0.05) is 32.0 Å². The van der Waals surface area contributed by atoms with E-state index >= 15 is 0 Å². The normalized spacial score (nSPS) is 12.6. The van der Waals surface area contributed by atoms with Crippen LogP contribution in [-0.2, 0) is 20.4 Å². The van der Waals surface area contributed by atoms with Crippen LogP contribution in [0.15, 0.2) is 41.8 Å². The van der Waals surface area contributed by atoms with Crippen LogP contribution in [0, 0.1) is 17.2 Å². The summed E-state index contributed by atoms with van der Waals surface area (Å²) in [6.07, 6.45) is 0. The number of carbonyl (C=O) groups excluding carboxylic acids is 1. The summed E-state index contributed by atoms with van der Waals surface area (Å²) >= 11 is 1.53. The Labute approximate surface area is 152 Å². The number of nitrogens with zero attached hydrogens (tertiary/aromatic N) is 1. The number of hydrogen-bond acceptors (Lipinski definition) is 5. The van der Waals surface area contributed by atoms with Crippen LogP contribution < -0.4 is 5.32 Å². The van der Waals surface area contributed by atoms with Crippen LogP contribution in [0.4, 0.5) is 0 Å². The third kappa shape index (κ3) is 5.69. The molecule has 132 valence electrons. The molecule has 1 amide bonds. The molecule has 0 aliphatic carbocycles. The molecule has 0 saturated heterocycles. The van der Waals surface area contributed by atoms with Crippen LogP contribution in [-0.4, -0.2) is 20.1 Å². The first-order chi connectivity index (χ1) is 11.8. The molecule has 0 saturated carbocycles. The molecule has 1 aromatic carbocycles. The van der Waals surface area contributed by atoms with E-state index in [0.717, 1.165) is 4.88 Å². The predicted molar refractivity (Wildman–Crippen MR) is 98.7 cm³/mol. The van der Waals surface area contributed by atoms with Gasteiger partial charge in [0.25, 0.3) is 0 Å². The summed E-state index contributed by atoms with van der Waals surface area (Å²) in [4.78, 5) is 13.2. The lowest BCUT2D eigenvalue weighted by Crippen LogP contribution is -2.35. The fourth-order valence-electron chi connectivity index (χ4n) is 2.43. The Morgan fingerprint density at radius 2 is 1.92 bits per heavy atom. The Morgan fingerprint density at radius 1 is 1.24 bits per heavy atom. The molecule has 0 radical (unpaired) electrons. The molecule has 25 heavy (non-hydrogen) atoms. The summed E-state index contributed by atoms with van der Waals surface area (Å²) in [7, 11) is -3.59. The third-order valence-electron chi connectivity index (χ3n) is 3.65. The molecule has 0 bridgehead atoms. The van der Waals surface area contributed by atoms with Crippen molar-refractivity contribution in [3.8, 4) is 6.07 Å². The van der Waals surface area contributed by atoms with E-state index in [1.54, 1.807) is 24.3 Å². The van der Waals surface area contributed by atoms with Crippen molar-refractivity contribution in [3.05, 3.63) is 57.8 Å². The van der Waals surface area contributed by atoms with E-state index in [1.807, 2.05) is 37.4 Å². The van der Waals surface area contributed by atoms with E-state index in [-0.39, 0.29) is 17.7 Å². The summed E-state index contributed by atoms with van der Waals surface area (Å²) in [5, 5.41) is 13.5. The molecule has 0 aliphatic rings. The maximum atomic E-state index is 12.3. The molecule has 2 aromatic rings.